The summed E-state index contributed by atoms with van der Waals surface area (Å²) >= 11 is 0. The Hall–Kier alpha value is -8.34. The van der Waals surface area contributed by atoms with Crippen LogP contribution in [0.5, 0.6) is 0 Å². The van der Waals surface area contributed by atoms with Gasteiger partial charge in [0.15, 0.2) is 0 Å². The highest BCUT2D eigenvalue weighted by Gasteiger charge is 2.20. The molecule has 0 radical (unpaired) electrons. The Morgan fingerprint density at radius 1 is 0.242 bits per heavy atom. The minimum atomic E-state index is 0.787. The number of hydrogen-bond acceptors (Lipinski definition) is 1. The van der Waals surface area contributed by atoms with E-state index in [0.717, 1.165) is 39.6 Å². The molecule has 0 fully saturated rings. The monoisotopic (exact) mass is 791 g/mol. The third-order valence-electron chi connectivity index (χ3n) is 12.7. The molecule has 0 bridgehead atoms. The molecule has 0 atom stereocenters. The van der Waals surface area contributed by atoms with Gasteiger partial charge in [0.1, 0.15) is 5.76 Å². The maximum atomic E-state index is 6.67. The molecule has 0 N–H and O–H groups in total. The first-order valence-corrected chi connectivity index (χ1v) is 21.2. The van der Waals surface area contributed by atoms with Crippen molar-refractivity contribution in [3.05, 3.63) is 224 Å². The molecule has 0 aliphatic heterocycles. The van der Waals surface area contributed by atoms with Gasteiger partial charge >= 0.3 is 0 Å². The molecular weight excluding hydrogens is 755 g/mol. The Morgan fingerprint density at radius 2 is 0.597 bits per heavy atom. The molecule has 0 amide bonds. The lowest BCUT2D eigenvalue weighted by Gasteiger charge is -2.08. The topological polar surface area (TPSA) is 27.9 Å². The molecule has 0 saturated carbocycles. The van der Waals surface area contributed by atoms with Gasteiger partial charge in [-0.2, -0.15) is 0 Å². The lowest BCUT2D eigenvalue weighted by Crippen LogP contribution is -1.93. The first kappa shape index (κ1) is 34.5. The van der Waals surface area contributed by atoms with Gasteiger partial charge in [0.25, 0.3) is 0 Å². The van der Waals surface area contributed by atoms with E-state index in [-0.39, 0.29) is 0 Å². The third kappa shape index (κ3) is 5.27. The minimum absolute atomic E-state index is 0.787. The molecule has 13 rings (SSSR count). The molecule has 4 heteroatoms. The van der Waals surface area contributed by atoms with Crippen molar-refractivity contribution in [2.45, 2.75) is 0 Å². The van der Waals surface area contributed by atoms with E-state index in [1.807, 2.05) is 6.07 Å². The maximum absolute atomic E-state index is 6.67. The van der Waals surface area contributed by atoms with E-state index in [2.05, 4.69) is 232 Å². The minimum Gasteiger partial charge on any atom is -0.440 e. The number of aromatic nitrogens is 3. The predicted octanol–water partition coefficient (Wildman–Crippen LogP) is 15.6. The van der Waals surface area contributed by atoms with Crippen LogP contribution in [-0.4, -0.2) is 13.7 Å². The molecule has 4 aromatic heterocycles. The lowest BCUT2D eigenvalue weighted by atomic mass is 9.98. The van der Waals surface area contributed by atoms with Crippen LogP contribution in [-0.2, 0) is 0 Å². The summed E-state index contributed by atoms with van der Waals surface area (Å²) in [6.45, 7) is 0. The van der Waals surface area contributed by atoms with Crippen molar-refractivity contribution in [3.63, 3.8) is 0 Å². The molecule has 9 aromatic carbocycles. The summed E-state index contributed by atoms with van der Waals surface area (Å²) < 4.78 is 13.7. The standard InChI is InChI=1S/C58H37N3O/c1-4-14-38(15-5-1)57-32-33-58(62-57)61-55-30-26-41(39-24-28-53-47(34-39)45-20-10-12-22-51(45)59(53)43-16-6-2-7-17-43)36-49(55)50-37-42(27-31-56(50)61)40-25-29-54-48(35-40)46-21-11-13-23-52(46)60(54)44-18-8-3-9-19-44/h1-37H. The second kappa shape index (κ2) is 13.6. The van der Waals surface area contributed by atoms with Gasteiger partial charge in [-0.05, 0) is 113 Å². The molecule has 0 saturated heterocycles. The Bertz CT molecular complexity index is 3630. The summed E-state index contributed by atoms with van der Waals surface area (Å²) in [5.41, 5.74) is 15.0. The molecule has 13 aromatic rings. The van der Waals surface area contributed by atoms with E-state index >= 15 is 0 Å². The number of rotatable bonds is 6. The molecule has 0 spiro atoms. The van der Waals surface area contributed by atoms with Gasteiger partial charge in [-0.15, -0.1) is 0 Å². The quantitative estimate of drug-likeness (QED) is 0.165. The molecule has 0 aliphatic carbocycles. The zero-order chi connectivity index (χ0) is 40.7. The third-order valence-corrected chi connectivity index (χ3v) is 12.7. The van der Waals surface area contributed by atoms with Crippen molar-refractivity contribution in [1.82, 2.24) is 13.7 Å². The van der Waals surface area contributed by atoms with Crippen LogP contribution >= 0.6 is 0 Å². The van der Waals surface area contributed by atoms with Gasteiger partial charge in [0, 0.05) is 55.3 Å². The fraction of sp³-hybridized carbons (Fsp3) is 0. The number of hydrogen-bond donors (Lipinski definition) is 0. The van der Waals surface area contributed by atoms with E-state index in [0.29, 0.717) is 0 Å². The largest absolute Gasteiger partial charge is 0.440 e. The molecule has 0 aliphatic rings. The lowest BCUT2D eigenvalue weighted by molar-refractivity contribution is 0.560. The second-order valence-corrected chi connectivity index (χ2v) is 16.1. The summed E-state index contributed by atoms with van der Waals surface area (Å²) in [4.78, 5) is 0. The zero-order valence-electron chi connectivity index (χ0n) is 33.6. The van der Waals surface area contributed by atoms with Crippen molar-refractivity contribution in [2.75, 3.05) is 0 Å². The number of nitrogens with zero attached hydrogens (tertiary/aromatic N) is 3. The summed E-state index contributed by atoms with van der Waals surface area (Å²) in [5.74, 6) is 1.63. The van der Waals surface area contributed by atoms with Crippen LogP contribution in [0.25, 0.3) is 116 Å². The number of furan rings is 1. The fourth-order valence-corrected chi connectivity index (χ4v) is 9.84. The average Bonchev–Trinajstić information content (AvgIpc) is 4.12. The Kier molecular flexibility index (Phi) is 7.57. The zero-order valence-corrected chi connectivity index (χ0v) is 33.6. The van der Waals surface area contributed by atoms with Gasteiger partial charge < -0.3 is 13.6 Å². The highest BCUT2D eigenvalue weighted by molar-refractivity contribution is 6.14. The summed E-state index contributed by atoms with van der Waals surface area (Å²) in [6.07, 6.45) is 0. The summed E-state index contributed by atoms with van der Waals surface area (Å²) in [7, 11) is 0. The van der Waals surface area contributed by atoms with Crippen molar-refractivity contribution < 1.29 is 4.42 Å². The van der Waals surface area contributed by atoms with Gasteiger partial charge in [0.05, 0.1) is 33.1 Å². The summed E-state index contributed by atoms with van der Waals surface area (Å²) in [5, 5.41) is 7.30. The van der Waals surface area contributed by atoms with Gasteiger partial charge in [-0.25, -0.2) is 0 Å². The van der Waals surface area contributed by atoms with Crippen LogP contribution < -0.4 is 0 Å². The number of fused-ring (bicyclic) bond motifs is 9. The van der Waals surface area contributed by atoms with Crippen molar-refractivity contribution in [1.29, 1.82) is 0 Å². The molecule has 4 nitrogen and oxygen atoms in total. The maximum Gasteiger partial charge on any atom is 0.205 e. The van der Waals surface area contributed by atoms with Gasteiger partial charge in [-0.3, -0.25) is 4.57 Å². The second-order valence-electron chi connectivity index (χ2n) is 16.1. The first-order chi connectivity index (χ1) is 30.7. The molecule has 0 unspecified atom stereocenters. The average molecular weight is 792 g/mol. The van der Waals surface area contributed by atoms with Crippen molar-refractivity contribution in [3.8, 4) is 50.8 Å². The molecule has 62 heavy (non-hydrogen) atoms. The van der Waals surface area contributed by atoms with E-state index in [4.69, 9.17) is 4.42 Å². The van der Waals surface area contributed by atoms with Gasteiger partial charge in [-0.1, -0.05) is 127 Å². The Balaban J connectivity index is 1.01. The molecular formula is C58H37N3O. The highest BCUT2D eigenvalue weighted by atomic mass is 16.4. The van der Waals surface area contributed by atoms with Crippen LogP contribution in [0, 0.1) is 0 Å². The first-order valence-electron chi connectivity index (χ1n) is 21.2. The van der Waals surface area contributed by atoms with Gasteiger partial charge in [0.2, 0.25) is 5.88 Å². The smallest absolute Gasteiger partial charge is 0.205 e. The normalized spacial score (nSPS) is 11.9. The van der Waals surface area contributed by atoms with E-state index in [9.17, 15) is 0 Å². The SMILES string of the molecule is c1ccc(-c2ccc(-n3c4ccc(-c5ccc6c(c5)c5ccccc5n6-c5ccccc5)cc4c4cc(-c5ccc6c(c5)c5ccccc5n6-c5ccccc5)ccc43)o2)cc1. The Morgan fingerprint density at radius 3 is 1.05 bits per heavy atom. The predicted molar refractivity (Wildman–Crippen MR) is 258 cm³/mol. The number of benzene rings is 9. The van der Waals surface area contributed by atoms with Crippen LogP contribution in [0.2, 0.25) is 0 Å². The fourth-order valence-electron chi connectivity index (χ4n) is 9.84. The van der Waals surface area contributed by atoms with Crippen molar-refractivity contribution in [2.24, 2.45) is 0 Å². The van der Waals surface area contributed by atoms with E-state index in [1.165, 1.54) is 76.6 Å². The van der Waals surface area contributed by atoms with Crippen LogP contribution in [0.15, 0.2) is 229 Å². The van der Waals surface area contributed by atoms with Crippen LogP contribution in [0.1, 0.15) is 0 Å². The molecule has 4 heterocycles. The molecule has 290 valence electrons. The Labute approximate surface area is 357 Å². The van der Waals surface area contributed by atoms with E-state index < -0.39 is 0 Å². The van der Waals surface area contributed by atoms with E-state index in [1.54, 1.807) is 0 Å². The van der Waals surface area contributed by atoms with Crippen LogP contribution in [0.3, 0.4) is 0 Å². The highest BCUT2D eigenvalue weighted by Crippen LogP contribution is 2.41. The number of para-hydroxylation sites is 4. The van der Waals surface area contributed by atoms with Crippen LogP contribution in [0.4, 0.5) is 0 Å². The van der Waals surface area contributed by atoms with Crippen molar-refractivity contribution >= 4 is 65.4 Å². The summed E-state index contributed by atoms with van der Waals surface area (Å²) in [6, 6.07) is 80.8.